The van der Waals surface area contributed by atoms with E-state index in [2.05, 4.69) is 34.9 Å². The molecule has 4 aromatic rings. The number of pyridine rings is 2. The molecule has 0 bridgehead atoms. The fourth-order valence-corrected chi connectivity index (χ4v) is 6.62. The van der Waals surface area contributed by atoms with Gasteiger partial charge >= 0.3 is 204 Å². The van der Waals surface area contributed by atoms with Crippen LogP contribution in [-0.4, -0.2) is 42.5 Å². The molecule has 36 heavy (non-hydrogen) atoms. The number of fused-ring (bicyclic) bond motifs is 2. The Kier molecular flexibility index (Phi) is 6.42. The maximum atomic E-state index is 13.5. The Balaban J connectivity index is 1.39. The van der Waals surface area contributed by atoms with Crippen molar-refractivity contribution in [3.05, 3.63) is 90.3 Å². The number of halogens is 1. The predicted molar refractivity (Wildman–Crippen MR) is 147 cm³/mol. The summed E-state index contributed by atoms with van der Waals surface area (Å²) < 4.78 is 19.6. The molecule has 184 valence electrons. The van der Waals surface area contributed by atoms with Crippen molar-refractivity contribution in [2.75, 3.05) is 31.9 Å². The summed E-state index contributed by atoms with van der Waals surface area (Å²) in [6.45, 7) is 6.68. The molecule has 2 N–H and O–H groups in total. The summed E-state index contributed by atoms with van der Waals surface area (Å²) in [5.41, 5.74) is 4.53. The van der Waals surface area contributed by atoms with Crippen molar-refractivity contribution in [2.45, 2.75) is 6.42 Å². The van der Waals surface area contributed by atoms with E-state index in [0.29, 0.717) is 30.6 Å². The SMILES string of the molecule is C=C[PH]1(C)COc2c1cc(CCNC(=O)c1cc(NC)c3ncccc3c1)nc2-c1ccc(F)cc1. The number of carbonyl (C=O) groups excluding carboxylic acids is 1. The molecule has 2 aromatic carbocycles. The van der Waals surface area contributed by atoms with Crippen LogP contribution in [-0.2, 0) is 6.42 Å². The van der Waals surface area contributed by atoms with Crippen LogP contribution in [0.2, 0.25) is 0 Å². The minimum absolute atomic E-state index is 0.161. The zero-order chi connectivity index (χ0) is 25.3. The molecule has 1 amide bonds. The Labute approximate surface area is 210 Å². The van der Waals surface area contributed by atoms with Crippen LogP contribution in [0.15, 0.2) is 73.2 Å². The molecule has 3 heterocycles. The summed E-state index contributed by atoms with van der Waals surface area (Å²) in [5.74, 6) is 2.32. The van der Waals surface area contributed by atoms with Gasteiger partial charge in [0, 0.05) is 6.20 Å². The van der Waals surface area contributed by atoms with Crippen molar-refractivity contribution in [1.29, 1.82) is 0 Å². The van der Waals surface area contributed by atoms with E-state index in [1.54, 1.807) is 18.3 Å². The molecule has 0 atom stereocenters. The number of benzene rings is 2. The molecular weight excluding hydrogens is 474 g/mol. The summed E-state index contributed by atoms with van der Waals surface area (Å²) in [7, 11) is -0.197. The molecule has 0 radical (unpaired) electrons. The Bertz CT molecular complexity index is 1470. The van der Waals surface area contributed by atoms with Gasteiger partial charge in [-0.25, -0.2) is 0 Å². The summed E-state index contributed by atoms with van der Waals surface area (Å²) in [5, 5.41) is 8.16. The average Bonchev–Trinajstić information content (AvgIpc) is 3.25. The summed E-state index contributed by atoms with van der Waals surface area (Å²) in [6.07, 6.45) is 2.88. The van der Waals surface area contributed by atoms with Crippen LogP contribution < -0.4 is 20.7 Å². The van der Waals surface area contributed by atoms with E-state index in [-0.39, 0.29) is 11.7 Å². The molecule has 1 aliphatic heterocycles. The van der Waals surface area contributed by atoms with Crippen molar-refractivity contribution >= 4 is 35.1 Å². The molecule has 2 aromatic heterocycles. The number of rotatable bonds is 7. The van der Waals surface area contributed by atoms with Crippen molar-refractivity contribution in [2.24, 2.45) is 0 Å². The van der Waals surface area contributed by atoms with Gasteiger partial charge in [0.2, 0.25) is 0 Å². The summed E-state index contributed by atoms with van der Waals surface area (Å²) in [4.78, 5) is 22.2. The van der Waals surface area contributed by atoms with Crippen molar-refractivity contribution in [1.82, 2.24) is 15.3 Å². The van der Waals surface area contributed by atoms with Gasteiger partial charge in [-0.2, -0.15) is 0 Å². The third-order valence-corrected chi connectivity index (χ3v) is 9.88. The molecule has 0 saturated carbocycles. The van der Waals surface area contributed by atoms with Crippen molar-refractivity contribution in [3.63, 3.8) is 0 Å². The topological polar surface area (TPSA) is 76.1 Å². The van der Waals surface area contributed by atoms with Crippen LogP contribution in [0.25, 0.3) is 22.2 Å². The fraction of sp³-hybridized carbons (Fsp3) is 0.179. The Hall–Kier alpha value is -3.83. The standard InChI is InChI=1S/C28H28FN4O2P/c1-4-36(3)17-35-27-24(36)16-22(33-26(27)18-7-9-21(29)10-8-18)11-13-32-28(34)20-14-19-6-5-12-31-25(19)23(15-20)30-2/h4-10,12,14-16,30,36H,1,11,13,17H2,2-3H3,(H,32,34). The third-order valence-electron chi connectivity index (χ3n) is 6.63. The molecule has 1 aliphatic rings. The number of carbonyl (C=O) groups is 1. The number of hydrogen-bond donors (Lipinski definition) is 2. The zero-order valence-corrected chi connectivity index (χ0v) is 21.3. The molecule has 0 aliphatic carbocycles. The van der Waals surface area contributed by atoms with E-state index in [4.69, 9.17) is 9.72 Å². The molecule has 8 heteroatoms. The Morgan fingerprint density at radius 1 is 1.22 bits per heavy atom. The quantitative estimate of drug-likeness (QED) is 0.350. The minimum atomic E-state index is -2.01. The number of ether oxygens (including phenoxy) is 1. The van der Waals surface area contributed by atoms with Gasteiger partial charge in [-0.15, -0.1) is 0 Å². The molecule has 0 fully saturated rings. The predicted octanol–water partition coefficient (Wildman–Crippen LogP) is 4.95. The van der Waals surface area contributed by atoms with Gasteiger partial charge in [0.1, 0.15) is 0 Å². The number of nitrogens with zero attached hydrogens (tertiary/aromatic N) is 2. The Morgan fingerprint density at radius 3 is 2.78 bits per heavy atom. The molecule has 0 saturated heterocycles. The Morgan fingerprint density at radius 2 is 2.03 bits per heavy atom. The van der Waals surface area contributed by atoms with Crippen LogP contribution >= 0.6 is 7.26 Å². The average molecular weight is 503 g/mol. The number of hydrogen-bond acceptors (Lipinski definition) is 5. The summed E-state index contributed by atoms with van der Waals surface area (Å²) in [6, 6.07) is 15.8. The van der Waals surface area contributed by atoms with E-state index >= 15 is 0 Å². The van der Waals surface area contributed by atoms with Crippen LogP contribution in [0.4, 0.5) is 10.1 Å². The van der Waals surface area contributed by atoms with E-state index in [1.165, 1.54) is 12.1 Å². The first kappa shape index (κ1) is 23.9. The number of anilines is 1. The van der Waals surface area contributed by atoms with E-state index < -0.39 is 7.26 Å². The van der Waals surface area contributed by atoms with E-state index in [9.17, 15) is 9.18 Å². The van der Waals surface area contributed by atoms with Crippen LogP contribution in [0, 0.1) is 5.82 Å². The second-order valence-electron chi connectivity index (χ2n) is 9.11. The molecule has 0 spiro atoms. The van der Waals surface area contributed by atoms with Crippen molar-refractivity contribution in [3.8, 4) is 17.0 Å². The number of aromatic nitrogens is 2. The molecule has 5 rings (SSSR count). The fourth-order valence-electron chi connectivity index (χ4n) is 4.48. The third kappa shape index (κ3) is 4.42. The van der Waals surface area contributed by atoms with Gasteiger partial charge in [-0.3, -0.25) is 0 Å². The molecular formula is C28H28FN4O2P. The second-order valence-corrected chi connectivity index (χ2v) is 13.2. The first-order chi connectivity index (χ1) is 17.4. The van der Waals surface area contributed by atoms with Crippen LogP contribution in [0.3, 0.4) is 0 Å². The maximum absolute atomic E-state index is 13.5. The number of nitrogens with one attached hydrogen (secondary N) is 2. The summed E-state index contributed by atoms with van der Waals surface area (Å²) >= 11 is 0. The second kappa shape index (κ2) is 9.67. The first-order valence-electron chi connectivity index (χ1n) is 11.8. The van der Waals surface area contributed by atoms with Gasteiger partial charge in [0.25, 0.3) is 0 Å². The number of amides is 1. The normalized spacial score (nSPS) is 14.5. The molecule has 6 nitrogen and oxygen atoms in total. The van der Waals surface area contributed by atoms with Gasteiger partial charge in [-0.1, -0.05) is 0 Å². The van der Waals surface area contributed by atoms with Gasteiger partial charge < -0.3 is 0 Å². The monoisotopic (exact) mass is 502 g/mol. The molecule has 0 unspecified atom stereocenters. The van der Waals surface area contributed by atoms with Crippen molar-refractivity contribution < 1.29 is 13.9 Å². The first-order valence-corrected chi connectivity index (χ1v) is 14.6. The van der Waals surface area contributed by atoms with Gasteiger partial charge in [0.05, 0.1) is 0 Å². The van der Waals surface area contributed by atoms with E-state index in [0.717, 1.165) is 38.9 Å². The van der Waals surface area contributed by atoms with Gasteiger partial charge in [-0.05, 0) is 0 Å². The zero-order valence-electron chi connectivity index (χ0n) is 20.3. The van der Waals surface area contributed by atoms with Crippen LogP contribution in [0.1, 0.15) is 16.1 Å². The van der Waals surface area contributed by atoms with Crippen LogP contribution in [0.5, 0.6) is 5.75 Å². The van der Waals surface area contributed by atoms with Gasteiger partial charge in [0.15, 0.2) is 0 Å². The van der Waals surface area contributed by atoms with E-state index in [1.807, 2.05) is 37.1 Å².